The van der Waals surface area contributed by atoms with E-state index in [1.54, 1.807) is 64.2 Å². The van der Waals surface area contributed by atoms with Gasteiger partial charge in [-0.1, -0.05) is 25.7 Å². The molecule has 0 aliphatic heterocycles. The van der Waals surface area contributed by atoms with Gasteiger partial charge >= 0.3 is 0 Å². The highest BCUT2D eigenvalue weighted by molar-refractivity contribution is 5.08. The van der Waals surface area contributed by atoms with E-state index in [2.05, 4.69) is 0 Å². The standard InChI is InChI=1S/C12H20/c1-2-6-12-9-3-7-11(12,5-1)8-4-10-12/h1-10H2. The topological polar surface area (TPSA) is 0 Å². The van der Waals surface area contributed by atoms with Crippen LogP contribution in [0.15, 0.2) is 0 Å². The molecule has 0 heteroatoms. The van der Waals surface area contributed by atoms with Crippen molar-refractivity contribution in [3.05, 3.63) is 0 Å². The van der Waals surface area contributed by atoms with Crippen LogP contribution >= 0.6 is 0 Å². The van der Waals surface area contributed by atoms with E-state index in [-0.39, 0.29) is 0 Å². The molecule has 0 heterocycles. The Kier molecular flexibility index (Phi) is 1.40. The minimum atomic E-state index is 0.880. The maximum Gasteiger partial charge on any atom is -0.0241 e. The fraction of sp³-hybridized carbons (Fsp3) is 1.00. The van der Waals surface area contributed by atoms with Gasteiger partial charge in [-0.3, -0.25) is 0 Å². The first-order valence-electron chi connectivity index (χ1n) is 5.87. The molecule has 0 spiro atoms. The molecular weight excluding hydrogens is 144 g/mol. The summed E-state index contributed by atoms with van der Waals surface area (Å²) in [6, 6.07) is 0. The lowest BCUT2D eigenvalue weighted by molar-refractivity contribution is 0.0520. The van der Waals surface area contributed by atoms with Gasteiger partial charge in [-0.25, -0.2) is 0 Å². The summed E-state index contributed by atoms with van der Waals surface area (Å²) in [5.74, 6) is 0. The van der Waals surface area contributed by atoms with Crippen molar-refractivity contribution in [1.29, 1.82) is 0 Å². The van der Waals surface area contributed by atoms with Crippen LogP contribution < -0.4 is 0 Å². The second-order valence-corrected chi connectivity index (χ2v) is 5.47. The van der Waals surface area contributed by atoms with E-state index in [9.17, 15) is 0 Å². The summed E-state index contributed by atoms with van der Waals surface area (Å²) < 4.78 is 0. The van der Waals surface area contributed by atoms with Crippen molar-refractivity contribution in [2.24, 2.45) is 10.8 Å². The predicted molar refractivity (Wildman–Crippen MR) is 51.0 cm³/mol. The lowest BCUT2D eigenvalue weighted by Gasteiger charge is -2.45. The Morgan fingerprint density at radius 3 is 1.17 bits per heavy atom. The van der Waals surface area contributed by atoms with E-state index in [1.165, 1.54) is 0 Å². The molecule has 0 amide bonds. The van der Waals surface area contributed by atoms with Crippen molar-refractivity contribution in [3.8, 4) is 0 Å². The van der Waals surface area contributed by atoms with E-state index in [4.69, 9.17) is 0 Å². The van der Waals surface area contributed by atoms with E-state index in [1.807, 2.05) is 0 Å². The van der Waals surface area contributed by atoms with Crippen LogP contribution in [0.1, 0.15) is 64.2 Å². The second kappa shape index (κ2) is 2.27. The molecule has 3 fully saturated rings. The quantitative estimate of drug-likeness (QED) is 0.509. The molecule has 0 atom stereocenters. The van der Waals surface area contributed by atoms with E-state index >= 15 is 0 Å². The van der Waals surface area contributed by atoms with Gasteiger partial charge in [0.15, 0.2) is 0 Å². The molecule has 0 saturated heterocycles. The van der Waals surface area contributed by atoms with E-state index in [0.29, 0.717) is 0 Å². The SMILES string of the molecule is C1CCC23CCCC2(C1)CCC3. The van der Waals surface area contributed by atoms with E-state index < -0.39 is 0 Å². The Hall–Kier alpha value is 0. The molecule has 3 aliphatic carbocycles. The molecule has 0 radical (unpaired) electrons. The molecule has 3 saturated carbocycles. The van der Waals surface area contributed by atoms with Crippen LogP contribution in [0.4, 0.5) is 0 Å². The summed E-state index contributed by atoms with van der Waals surface area (Å²) in [7, 11) is 0. The highest BCUT2D eigenvalue weighted by Gasteiger charge is 2.57. The zero-order chi connectivity index (χ0) is 8.07. The molecular formula is C12H20. The molecule has 0 aromatic heterocycles. The molecule has 3 rings (SSSR count). The van der Waals surface area contributed by atoms with Gasteiger partial charge in [0, 0.05) is 0 Å². The normalized spacial score (nSPS) is 52.0. The maximum atomic E-state index is 1.59. The molecule has 68 valence electrons. The van der Waals surface area contributed by atoms with Crippen molar-refractivity contribution < 1.29 is 0 Å². The third-order valence-electron chi connectivity index (χ3n) is 5.31. The average molecular weight is 164 g/mol. The number of hydrogen-bond acceptors (Lipinski definition) is 0. The summed E-state index contributed by atoms with van der Waals surface area (Å²) in [5, 5.41) is 0. The fourth-order valence-corrected chi connectivity index (χ4v) is 4.80. The lowest BCUT2D eigenvalue weighted by Crippen LogP contribution is -2.35. The molecule has 3 aliphatic rings. The number of hydrogen-bond donors (Lipinski definition) is 0. The molecule has 0 nitrogen and oxygen atoms in total. The summed E-state index contributed by atoms with van der Waals surface area (Å²) in [4.78, 5) is 0. The molecule has 0 bridgehead atoms. The zero-order valence-corrected chi connectivity index (χ0v) is 8.07. The lowest BCUT2D eigenvalue weighted by atomic mass is 9.60. The van der Waals surface area contributed by atoms with Crippen molar-refractivity contribution in [2.75, 3.05) is 0 Å². The van der Waals surface area contributed by atoms with Crippen LogP contribution in [0.5, 0.6) is 0 Å². The molecule has 0 N–H and O–H groups in total. The Morgan fingerprint density at radius 1 is 0.417 bits per heavy atom. The van der Waals surface area contributed by atoms with Crippen molar-refractivity contribution in [2.45, 2.75) is 64.2 Å². The molecule has 12 heavy (non-hydrogen) atoms. The van der Waals surface area contributed by atoms with Crippen LogP contribution in [0.25, 0.3) is 0 Å². The van der Waals surface area contributed by atoms with Gasteiger partial charge in [-0.2, -0.15) is 0 Å². The minimum absolute atomic E-state index is 0.880. The second-order valence-electron chi connectivity index (χ2n) is 5.47. The Labute approximate surface area is 75.7 Å². The molecule has 0 unspecified atom stereocenters. The smallest absolute Gasteiger partial charge is 0.0241 e. The van der Waals surface area contributed by atoms with Gasteiger partial charge < -0.3 is 0 Å². The predicted octanol–water partition coefficient (Wildman–Crippen LogP) is 3.90. The van der Waals surface area contributed by atoms with Crippen LogP contribution in [-0.2, 0) is 0 Å². The molecule has 0 aromatic carbocycles. The van der Waals surface area contributed by atoms with Crippen LogP contribution in [0.2, 0.25) is 0 Å². The minimum Gasteiger partial charge on any atom is -0.0527 e. The summed E-state index contributed by atoms with van der Waals surface area (Å²) in [6.45, 7) is 0. The highest BCUT2D eigenvalue weighted by atomic mass is 14.6. The molecule has 0 aromatic rings. The van der Waals surface area contributed by atoms with Crippen LogP contribution in [-0.4, -0.2) is 0 Å². The van der Waals surface area contributed by atoms with Crippen molar-refractivity contribution in [1.82, 2.24) is 0 Å². The Bertz CT molecular complexity index is 162. The first-order valence-corrected chi connectivity index (χ1v) is 5.87. The fourth-order valence-electron chi connectivity index (χ4n) is 4.80. The largest absolute Gasteiger partial charge is 0.0527 e. The number of rotatable bonds is 0. The van der Waals surface area contributed by atoms with Crippen LogP contribution in [0, 0.1) is 10.8 Å². The van der Waals surface area contributed by atoms with Gasteiger partial charge in [0.2, 0.25) is 0 Å². The van der Waals surface area contributed by atoms with Crippen molar-refractivity contribution >= 4 is 0 Å². The van der Waals surface area contributed by atoms with Gasteiger partial charge in [-0.15, -0.1) is 0 Å². The monoisotopic (exact) mass is 164 g/mol. The third kappa shape index (κ3) is 0.701. The van der Waals surface area contributed by atoms with Gasteiger partial charge in [0.1, 0.15) is 0 Å². The summed E-state index contributed by atoms with van der Waals surface area (Å²) >= 11 is 0. The van der Waals surface area contributed by atoms with Gasteiger partial charge in [0.25, 0.3) is 0 Å². The summed E-state index contributed by atoms with van der Waals surface area (Å²) in [5.41, 5.74) is 1.76. The first-order chi connectivity index (χ1) is 5.87. The highest BCUT2D eigenvalue weighted by Crippen LogP contribution is 2.68. The average Bonchev–Trinajstić information content (AvgIpc) is 2.57. The Morgan fingerprint density at radius 2 is 0.750 bits per heavy atom. The maximum absolute atomic E-state index is 1.59. The first kappa shape index (κ1) is 7.41. The third-order valence-corrected chi connectivity index (χ3v) is 5.31. The van der Waals surface area contributed by atoms with Gasteiger partial charge in [-0.05, 0) is 49.4 Å². The van der Waals surface area contributed by atoms with Gasteiger partial charge in [0.05, 0.1) is 0 Å². The zero-order valence-electron chi connectivity index (χ0n) is 8.07. The van der Waals surface area contributed by atoms with Crippen LogP contribution in [0.3, 0.4) is 0 Å². The Balaban J connectivity index is 2.00. The summed E-state index contributed by atoms with van der Waals surface area (Å²) in [6.07, 6.45) is 15.7. The van der Waals surface area contributed by atoms with E-state index in [0.717, 1.165) is 10.8 Å². The van der Waals surface area contributed by atoms with Crippen molar-refractivity contribution in [3.63, 3.8) is 0 Å².